The van der Waals surface area contributed by atoms with E-state index in [0.717, 1.165) is 16.0 Å². The van der Waals surface area contributed by atoms with Gasteiger partial charge in [-0.2, -0.15) is 0 Å². The molecule has 1 aliphatic rings. The van der Waals surface area contributed by atoms with Crippen LogP contribution in [0.1, 0.15) is 0 Å². The summed E-state index contributed by atoms with van der Waals surface area (Å²) in [7, 11) is 0. The SMILES string of the molecule is ClC[C@H]1COc2ccc(Br)cc2O1. The van der Waals surface area contributed by atoms with Crippen molar-refractivity contribution in [2.75, 3.05) is 12.5 Å². The summed E-state index contributed by atoms with van der Waals surface area (Å²) in [5, 5.41) is 0. The average molecular weight is 264 g/mol. The summed E-state index contributed by atoms with van der Waals surface area (Å²) in [4.78, 5) is 0. The molecule has 2 rings (SSSR count). The molecule has 70 valence electrons. The highest BCUT2D eigenvalue weighted by molar-refractivity contribution is 9.10. The average Bonchev–Trinajstić information content (AvgIpc) is 2.16. The fourth-order valence-corrected chi connectivity index (χ4v) is 1.66. The zero-order chi connectivity index (χ0) is 9.26. The minimum Gasteiger partial charge on any atom is -0.486 e. The van der Waals surface area contributed by atoms with E-state index in [9.17, 15) is 0 Å². The summed E-state index contributed by atoms with van der Waals surface area (Å²) in [6.45, 7) is 0.526. The van der Waals surface area contributed by atoms with Crippen molar-refractivity contribution in [2.24, 2.45) is 0 Å². The van der Waals surface area contributed by atoms with Crippen molar-refractivity contribution >= 4 is 27.5 Å². The molecule has 1 aliphatic heterocycles. The Morgan fingerprint density at radius 2 is 2.31 bits per heavy atom. The zero-order valence-electron chi connectivity index (χ0n) is 6.80. The van der Waals surface area contributed by atoms with Crippen LogP contribution in [0.2, 0.25) is 0 Å². The fraction of sp³-hybridized carbons (Fsp3) is 0.333. The second kappa shape index (κ2) is 3.76. The third-order valence-electron chi connectivity index (χ3n) is 1.80. The van der Waals surface area contributed by atoms with E-state index in [2.05, 4.69) is 15.9 Å². The molecule has 0 fully saturated rings. The molecule has 4 heteroatoms. The van der Waals surface area contributed by atoms with Gasteiger partial charge in [-0.05, 0) is 18.2 Å². The summed E-state index contributed by atoms with van der Waals surface area (Å²) < 4.78 is 12.0. The lowest BCUT2D eigenvalue weighted by atomic mass is 10.3. The first-order valence-electron chi connectivity index (χ1n) is 3.94. The number of hydrogen-bond donors (Lipinski definition) is 0. The van der Waals surface area contributed by atoms with Crippen molar-refractivity contribution in [1.82, 2.24) is 0 Å². The molecule has 0 unspecified atom stereocenters. The molecule has 0 bridgehead atoms. The largest absolute Gasteiger partial charge is 0.486 e. The van der Waals surface area contributed by atoms with Gasteiger partial charge in [0, 0.05) is 4.47 Å². The Morgan fingerprint density at radius 1 is 1.46 bits per heavy atom. The molecule has 0 aliphatic carbocycles. The summed E-state index contributed by atoms with van der Waals surface area (Å²) in [6.07, 6.45) is -0.0385. The van der Waals surface area contributed by atoms with Crippen molar-refractivity contribution in [3.63, 3.8) is 0 Å². The van der Waals surface area contributed by atoms with E-state index < -0.39 is 0 Å². The molecule has 1 atom stereocenters. The lowest BCUT2D eigenvalue weighted by molar-refractivity contribution is 0.106. The first kappa shape index (κ1) is 9.16. The van der Waals surface area contributed by atoms with E-state index in [-0.39, 0.29) is 6.10 Å². The Hall–Kier alpha value is -0.410. The Bertz CT molecular complexity index is 316. The monoisotopic (exact) mass is 262 g/mol. The first-order chi connectivity index (χ1) is 6.29. The highest BCUT2D eigenvalue weighted by Gasteiger charge is 2.19. The quantitative estimate of drug-likeness (QED) is 0.726. The van der Waals surface area contributed by atoms with Gasteiger partial charge in [-0.1, -0.05) is 15.9 Å². The molecule has 0 saturated carbocycles. The molecule has 0 radical (unpaired) electrons. The molecule has 0 saturated heterocycles. The molecule has 0 spiro atoms. The highest BCUT2D eigenvalue weighted by Crippen LogP contribution is 2.34. The summed E-state index contributed by atoms with van der Waals surface area (Å²) >= 11 is 9.03. The van der Waals surface area contributed by atoms with Crippen LogP contribution in [0, 0.1) is 0 Å². The number of hydrogen-bond acceptors (Lipinski definition) is 2. The molecular formula is C9H8BrClO2. The van der Waals surface area contributed by atoms with Gasteiger partial charge < -0.3 is 9.47 Å². The maximum Gasteiger partial charge on any atom is 0.162 e. The van der Waals surface area contributed by atoms with Crippen LogP contribution >= 0.6 is 27.5 Å². The second-order valence-electron chi connectivity index (χ2n) is 2.80. The highest BCUT2D eigenvalue weighted by atomic mass is 79.9. The molecule has 0 amide bonds. The van der Waals surface area contributed by atoms with E-state index in [1.54, 1.807) is 0 Å². The van der Waals surface area contributed by atoms with Crippen LogP contribution in [-0.2, 0) is 0 Å². The lowest BCUT2D eigenvalue weighted by Gasteiger charge is -2.25. The lowest BCUT2D eigenvalue weighted by Crippen LogP contribution is -2.30. The van der Waals surface area contributed by atoms with E-state index in [1.807, 2.05) is 18.2 Å². The van der Waals surface area contributed by atoms with Crippen LogP contribution in [0.25, 0.3) is 0 Å². The van der Waals surface area contributed by atoms with E-state index in [4.69, 9.17) is 21.1 Å². The van der Waals surface area contributed by atoms with Crippen LogP contribution in [0.15, 0.2) is 22.7 Å². The van der Waals surface area contributed by atoms with Crippen LogP contribution in [0.5, 0.6) is 11.5 Å². The van der Waals surface area contributed by atoms with E-state index in [1.165, 1.54) is 0 Å². The van der Waals surface area contributed by atoms with E-state index >= 15 is 0 Å². The Balaban J connectivity index is 2.27. The number of halogens is 2. The van der Waals surface area contributed by atoms with Gasteiger partial charge in [0.15, 0.2) is 11.5 Å². The van der Waals surface area contributed by atoms with Crippen molar-refractivity contribution in [1.29, 1.82) is 0 Å². The number of rotatable bonds is 1. The van der Waals surface area contributed by atoms with Crippen molar-refractivity contribution in [3.05, 3.63) is 22.7 Å². The third-order valence-corrected chi connectivity index (χ3v) is 2.63. The molecule has 0 N–H and O–H groups in total. The molecule has 1 aromatic rings. The van der Waals surface area contributed by atoms with Gasteiger partial charge in [0.05, 0.1) is 5.88 Å². The number of alkyl halides is 1. The van der Waals surface area contributed by atoms with Crippen LogP contribution in [-0.4, -0.2) is 18.6 Å². The van der Waals surface area contributed by atoms with Gasteiger partial charge in [0.2, 0.25) is 0 Å². The van der Waals surface area contributed by atoms with Crippen LogP contribution in [0.4, 0.5) is 0 Å². The Labute approximate surface area is 89.9 Å². The van der Waals surface area contributed by atoms with Gasteiger partial charge in [-0.15, -0.1) is 11.6 Å². The Morgan fingerprint density at radius 3 is 3.08 bits per heavy atom. The third kappa shape index (κ3) is 1.92. The summed E-state index contributed by atoms with van der Waals surface area (Å²) in [5.41, 5.74) is 0. The number of fused-ring (bicyclic) bond motifs is 1. The Kier molecular flexibility index (Phi) is 2.65. The van der Waals surface area contributed by atoms with E-state index in [0.29, 0.717) is 12.5 Å². The maximum absolute atomic E-state index is 5.67. The molecule has 13 heavy (non-hydrogen) atoms. The van der Waals surface area contributed by atoms with Gasteiger partial charge in [-0.3, -0.25) is 0 Å². The van der Waals surface area contributed by atoms with Gasteiger partial charge >= 0.3 is 0 Å². The summed E-state index contributed by atoms with van der Waals surface area (Å²) in [5.74, 6) is 1.99. The zero-order valence-corrected chi connectivity index (χ0v) is 9.14. The second-order valence-corrected chi connectivity index (χ2v) is 4.02. The van der Waals surface area contributed by atoms with Crippen molar-refractivity contribution < 1.29 is 9.47 Å². The van der Waals surface area contributed by atoms with Crippen LogP contribution in [0.3, 0.4) is 0 Å². The number of ether oxygens (including phenoxy) is 2. The predicted octanol–water partition coefficient (Wildman–Crippen LogP) is 2.83. The van der Waals surface area contributed by atoms with Gasteiger partial charge in [0.1, 0.15) is 12.7 Å². The molecule has 0 aromatic heterocycles. The standard InChI is InChI=1S/C9H8BrClO2/c10-6-1-2-8-9(3-6)13-7(4-11)5-12-8/h1-3,7H,4-5H2/t7-/m0/s1. The molecule has 1 heterocycles. The molecular weight excluding hydrogens is 255 g/mol. The van der Waals surface area contributed by atoms with Gasteiger partial charge in [-0.25, -0.2) is 0 Å². The molecule has 2 nitrogen and oxygen atoms in total. The number of benzene rings is 1. The fourth-order valence-electron chi connectivity index (χ4n) is 1.17. The van der Waals surface area contributed by atoms with Crippen molar-refractivity contribution in [2.45, 2.75) is 6.10 Å². The normalized spacial score (nSPS) is 20.0. The topological polar surface area (TPSA) is 18.5 Å². The molecule has 1 aromatic carbocycles. The summed E-state index contributed by atoms with van der Waals surface area (Å²) in [6, 6.07) is 5.68. The smallest absolute Gasteiger partial charge is 0.162 e. The minimum atomic E-state index is -0.0385. The minimum absolute atomic E-state index is 0.0385. The van der Waals surface area contributed by atoms with Gasteiger partial charge in [0.25, 0.3) is 0 Å². The maximum atomic E-state index is 5.67. The first-order valence-corrected chi connectivity index (χ1v) is 5.27. The van der Waals surface area contributed by atoms with Crippen LogP contribution < -0.4 is 9.47 Å². The van der Waals surface area contributed by atoms with Crippen molar-refractivity contribution in [3.8, 4) is 11.5 Å². The predicted molar refractivity (Wildman–Crippen MR) is 54.8 cm³/mol.